The number of nitrogens with one attached hydrogen (secondary N) is 2. The molecule has 0 saturated carbocycles. The number of rotatable bonds is 4. The molecule has 2 amide bonds. The van der Waals surface area contributed by atoms with Crippen molar-refractivity contribution in [2.75, 3.05) is 5.75 Å². The van der Waals surface area contributed by atoms with Gasteiger partial charge >= 0.3 is 0 Å². The van der Waals surface area contributed by atoms with Gasteiger partial charge in [-0.3, -0.25) is 20.4 Å². The quantitative estimate of drug-likeness (QED) is 0.667. The van der Waals surface area contributed by atoms with Crippen molar-refractivity contribution in [3.8, 4) is 0 Å². The van der Waals surface area contributed by atoms with E-state index in [1.165, 1.54) is 36.0 Å². The first-order valence-corrected chi connectivity index (χ1v) is 7.02. The van der Waals surface area contributed by atoms with Crippen molar-refractivity contribution in [3.63, 3.8) is 0 Å². The summed E-state index contributed by atoms with van der Waals surface area (Å²) < 4.78 is 12.7. The molecule has 0 aliphatic carbocycles. The molecular weight excluding hydrogens is 293 g/mol. The largest absolute Gasteiger partial charge is 0.272 e. The number of benzene rings is 1. The second-order valence-electron chi connectivity index (χ2n) is 3.97. The van der Waals surface area contributed by atoms with Crippen LogP contribution in [0.25, 0.3) is 0 Å². The molecule has 2 N–H and O–H groups in total. The zero-order chi connectivity index (χ0) is 15.1. The Balaban J connectivity index is 1.76. The van der Waals surface area contributed by atoms with E-state index in [-0.39, 0.29) is 17.2 Å². The van der Waals surface area contributed by atoms with Crippen LogP contribution in [0.1, 0.15) is 10.4 Å². The summed E-state index contributed by atoms with van der Waals surface area (Å²) in [7, 11) is 0. The first-order chi connectivity index (χ1) is 10.1. The molecule has 0 spiro atoms. The lowest BCUT2D eigenvalue weighted by molar-refractivity contribution is -0.119. The Hall–Kier alpha value is -2.41. The molecule has 0 radical (unpaired) electrons. The van der Waals surface area contributed by atoms with Gasteiger partial charge in [-0.2, -0.15) is 0 Å². The summed E-state index contributed by atoms with van der Waals surface area (Å²) in [5.41, 5.74) is 4.80. The van der Waals surface area contributed by atoms with E-state index >= 15 is 0 Å². The van der Waals surface area contributed by atoms with E-state index in [0.717, 1.165) is 5.03 Å². The van der Waals surface area contributed by atoms with Crippen LogP contribution < -0.4 is 10.9 Å². The SMILES string of the molecule is O=C(CSc1ccccn1)NNC(=O)c1ccc(F)cc1. The minimum atomic E-state index is -0.508. The Morgan fingerprint density at radius 2 is 1.86 bits per heavy atom. The zero-order valence-electron chi connectivity index (χ0n) is 10.9. The maximum absolute atomic E-state index is 12.7. The van der Waals surface area contributed by atoms with Gasteiger partial charge in [0, 0.05) is 11.8 Å². The van der Waals surface area contributed by atoms with Gasteiger partial charge in [0.2, 0.25) is 5.91 Å². The minimum Gasteiger partial charge on any atom is -0.272 e. The highest BCUT2D eigenvalue weighted by Crippen LogP contribution is 2.12. The summed E-state index contributed by atoms with van der Waals surface area (Å²) in [6.45, 7) is 0. The number of carbonyl (C=O) groups is 2. The normalized spacial score (nSPS) is 9.95. The van der Waals surface area contributed by atoms with Gasteiger partial charge in [-0.05, 0) is 36.4 Å². The van der Waals surface area contributed by atoms with Crippen LogP contribution in [0.4, 0.5) is 4.39 Å². The Kier molecular flexibility index (Phi) is 5.28. The molecule has 0 aliphatic heterocycles. The highest BCUT2D eigenvalue weighted by molar-refractivity contribution is 7.99. The monoisotopic (exact) mass is 305 g/mol. The summed E-state index contributed by atoms with van der Waals surface area (Å²) in [6, 6.07) is 10.4. The Bertz CT molecular complexity index is 620. The van der Waals surface area contributed by atoms with Crippen LogP contribution in [0.5, 0.6) is 0 Å². The first kappa shape index (κ1) is 15.0. The third kappa shape index (κ3) is 4.88. The Morgan fingerprint density at radius 1 is 1.10 bits per heavy atom. The zero-order valence-corrected chi connectivity index (χ0v) is 11.7. The third-order valence-electron chi connectivity index (χ3n) is 2.41. The molecule has 0 saturated heterocycles. The molecule has 0 unspecified atom stereocenters. The first-order valence-electron chi connectivity index (χ1n) is 6.04. The van der Waals surface area contributed by atoms with Crippen LogP contribution in [-0.2, 0) is 4.79 Å². The lowest BCUT2D eigenvalue weighted by Gasteiger charge is -2.07. The van der Waals surface area contributed by atoms with E-state index in [0.29, 0.717) is 0 Å². The molecule has 1 aromatic heterocycles. The van der Waals surface area contributed by atoms with E-state index in [4.69, 9.17) is 0 Å². The van der Waals surface area contributed by atoms with Crippen molar-refractivity contribution < 1.29 is 14.0 Å². The molecule has 7 heteroatoms. The van der Waals surface area contributed by atoms with Gasteiger partial charge in [0.25, 0.3) is 5.91 Å². The van der Waals surface area contributed by atoms with E-state index in [2.05, 4.69) is 15.8 Å². The smallest absolute Gasteiger partial charge is 0.269 e. The average Bonchev–Trinajstić information content (AvgIpc) is 2.52. The number of thioether (sulfide) groups is 1. The second-order valence-corrected chi connectivity index (χ2v) is 4.96. The highest BCUT2D eigenvalue weighted by Gasteiger charge is 2.08. The number of halogens is 1. The van der Waals surface area contributed by atoms with E-state index < -0.39 is 11.7 Å². The topological polar surface area (TPSA) is 71.1 Å². The molecule has 108 valence electrons. The summed E-state index contributed by atoms with van der Waals surface area (Å²) in [4.78, 5) is 27.3. The van der Waals surface area contributed by atoms with Crippen molar-refractivity contribution in [2.45, 2.75) is 5.03 Å². The standard InChI is InChI=1S/C14H12FN3O2S/c15-11-6-4-10(5-7-11)14(20)18-17-12(19)9-21-13-3-1-2-8-16-13/h1-8H,9H2,(H,17,19)(H,18,20). The lowest BCUT2D eigenvalue weighted by Crippen LogP contribution is -2.42. The van der Waals surface area contributed by atoms with Crippen molar-refractivity contribution in [3.05, 3.63) is 60.0 Å². The van der Waals surface area contributed by atoms with Crippen LogP contribution in [0.2, 0.25) is 0 Å². The minimum absolute atomic E-state index is 0.126. The number of carbonyl (C=O) groups excluding carboxylic acids is 2. The summed E-state index contributed by atoms with van der Waals surface area (Å²) in [5, 5.41) is 0.720. The van der Waals surface area contributed by atoms with Crippen LogP contribution in [0.3, 0.4) is 0 Å². The van der Waals surface area contributed by atoms with Crippen molar-refractivity contribution in [1.29, 1.82) is 0 Å². The van der Waals surface area contributed by atoms with Gasteiger partial charge in [0.05, 0.1) is 10.8 Å². The molecule has 1 aromatic carbocycles. The summed E-state index contributed by atoms with van der Waals surface area (Å²) in [5.74, 6) is -1.17. The maximum Gasteiger partial charge on any atom is 0.269 e. The van der Waals surface area contributed by atoms with Gasteiger partial charge in [0.1, 0.15) is 5.82 Å². The highest BCUT2D eigenvalue weighted by atomic mass is 32.2. The van der Waals surface area contributed by atoms with Gasteiger partial charge in [0.15, 0.2) is 0 Å². The summed E-state index contributed by atoms with van der Waals surface area (Å²) in [6.07, 6.45) is 1.64. The van der Waals surface area contributed by atoms with Crippen molar-refractivity contribution in [2.24, 2.45) is 0 Å². The van der Waals surface area contributed by atoms with Crippen LogP contribution in [0, 0.1) is 5.82 Å². The van der Waals surface area contributed by atoms with Crippen LogP contribution in [0.15, 0.2) is 53.7 Å². The molecule has 0 aliphatic rings. The van der Waals surface area contributed by atoms with E-state index in [9.17, 15) is 14.0 Å². The van der Waals surface area contributed by atoms with Gasteiger partial charge in [-0.15, -0.1) is 0 Å². The molecule has 21 heavy (non-hydrogen) atoms. The maximum atomic E-state index is 12.7. The van der Waals surface area contributed by atoms with Gasteiger partial charge in [-0.1, -0.05) is 17.8 Å². The summed E-state index contributed by atoms with van der Waals surface area (Å²) >= 11 is 1.25. The number of hydrogen-bond acceptors (Lipinski definition) is 4. The van der Waals surface area contributed by atoms with E-state index in [1.807, 2.05) is 6.07 Å². The number of aromatic nitrogens is 1. The third-order valence-corrected chi connectivity index (χ3v) is 3.35. The second kappa shape index (κ2) is 7.39. The fourth-order valence-corrected chi connectivity index (χ4v) is 2.07. The molecule has 0 bridgehead atoms. The fraction of sp³-hybridized carbons (Fsp3) is 0.0714. The molecule has 5 nitrogen and oxygen atoms in total. The number of hydrogen-bond donors (Lipinski definition) is 2. The number of hydrazine groups is 1. The molecular formula is C14H12FN3O2S. The predicted molar refractivity (Wildman–Crippen MR) is 77.0 cm³/mol. The molecule has 0 fully saturated rings. The number of amides is 2. The molecule has 1 heterocycles. The van der Waals surface area contributed by atoms with Crippen LogP contribution in [-0.4, -0.2) is 22.6 Å². The molecule has 2 aromatic rings. The fourth-order valence-electron chi connectivity index (χ4n) is 1.41. The average molecular weight is 305 g/mol. The van der Waals surface area contributed by atoms with Crippen LogP contribution >= 0.6 is 11.8 Å². The van der Waals surface area contributed by atoms with Gasteiger partial charge in [-0.25, -0.2) is 9.37 Å². The van der Waals surface area contributed by atoms with Crippen molar-refractivity contribution >= 4 is 23.6 Å². The molecule has 0 atom stereocenters. The van der Waals surface area contributed by atoms with Gasteiger partial charge < -0.3 is 0 Å². The Morgan fingerprint density at radius 3 is 2.52 bits per heavy atom. The lowest BCUT2D eigenvalue weighted by atomic mass is 10.2. The molecule has 2 rings (SSSR count). The Labute approximate surface area is 124 Å². The number of pyridine rings is 1. The number of nitrogens with zero attached hydrogens (tertiary/aromatic N) is 1. The predicted octanol–water partition coefficient (Wildman–Crippen LogP) is 1.77. The van der Waals surface area contributed by atoms with Crippen molar-refractivity contribution in [1.82, 2.24) is 15.8 Å². The van der Waals surface area contributed by atoms with E-state index in [1.54, 1.807) is 18.3 Å².